The molecule has 1 aromatic heterocycles. The van der Waals surface area contributed by atoms with E-state index in [4.69, 9.17) is 9.15 Å². The fourth-order valence-corrected chi connectivity index (χ4v) is 2.47. The zero-order chi connectivity index (χ0) is 16.7. The quantitative estimate of drug-likeness (QED) is 0.770. The number of ether oxygens (including phenoxy) is 1. The molecule has 0 aliphatic carbocycles. The van der Waals surface area contributed by atoms with Gasteiger partial charge in [-0.2, -0.15) is 0 Å². The first-order chi connectivity index (χ1) is 11.0. The van der Waals surface area contributed by atoms with Crippen LogP contribution < -0.4 is 0 Å². The highest BCUT2D eigenvalue weighted by molar-refractivity contribution is 5.15. The van der Waals surface area contributed by atoms with Crippen LogP contribution in [0.3, 0.4) is 0 Å². The number of rotatable bonds is 9. The monoisotopic (exact) mass is 317 g/mol. The zero-order valence-electron chi connectivity index (χ0n) is 14.2. The van der Waals surface area contributed by atoms with Gasteiger partial charge in [-0.15, -0.1) is 0 Å². The number of nitrogens with zero attached hydrogens (tertiary/aromatic N) is 1. The summed E-state index contributed by atoms with van der Waals surface area (Å²) in [6.45, 7) is 8.21. The van der Waals surface area contributed by atoms with E-state index in [-0.39, 0.29) is 6.10 Å². The third kappa shape index (κ3) is 6.57. The van der Waals surface area contributed by atoms with E-state index in [0.29, 0.717) is 19.7 Å². The van der Waals surface area contributed by atoms with Crippen LogP contribution in [0.25, 0.3) is 0 Å². The van der Waals surface area contributed by atoms with Gasteiger partial charge < -0.3 is 14.3 Å². The molecule has 2 aromatic rings. The van der Waals surface area contributed by atoms with Crippen LogP contribution in [0.1, 0.15) is 30.9 Å². The van der Waals surface area contributed by atoms with Crippen molar-refractivity contribution in [1.82, 2.24) is 4.90 Å². The summed E-state index contributed by atoms with van der Waals surface area (Å²) in [5, 5.41) is 10.2. The second kappa shape index (κ2) is 8.87. The zero-order valence-corrected chi connectivity index (χ0v) is 14.2. The molecule has 0 aliphatic rings. The summed E-state index contributed by atoms with van der Waals surface area (Å²) in [4.78, 5) is 2.18. The summed E-state index contributed by atoms with van der Waals surface area (Å²) in [6, 6.07) is 14.2. The molecular formula is C19H27NO3. The van der Waals surface area contributed by atoms with E-state index in [1.165, 1.54) is 5.56 Å². The van der Waals surface area contributed by atoms with E-state index in [0.717, 1.165) is 18.1 Å². The van der Waals surface area contributed by atoms with Crippen LogP contribution in [0.4, 0.5) is 0 Å². The molecule has 23 heavy (non-hydrogen) atoms. The maximum absolute atomic E-state index is 10.2. The second-order valence-corrected chi connectivity index (χ2v) is 6.20. The van der Waals surface area contributed by atoms with E-state index in [1.807, 2.05) is 51.1 Å². The van der Waals surface area contributed by atoms with E-state index in [1.54, 1.807) is 0 Å². The number of hydrogen-bond donors (Lipinski definition) is 1. The van der Waals surface area contributed by atoms with E-state index >= 15 is 0 Å². The Hall–Kier alpha value is -1.62. The number of benzene rings is 1. The lowest BCUT2D eigenvalue weighted by Crippen LogP contribution is -2.34. The van der Waals surface area contributed by atoms with Crippen LogP contribution in [0.15, 0.2) is 46.9 Å². The van der Waals surface area contributed by atoms with E-state index in [2.05, 4.69) is 17.0 Å². The lowest BCUT2D eigenvalue weighted by molar-refractivity contribution is -0.0114. The first kappa shape index (κ1) is 17.7. The van der Waals surface area contributed by atoms with Crippen molar-refractivity contribution in [3.8, 4) is 0 Å². The molecule has 1 N–H and O–H groups in total. The maximum Gasteiger partial charge on any atom is 0.118 e. The molecule has 126 valence electrons. The summed E-state index contributed by atoms with van der Waals surface area (Å²) < 4.78 is 11.2. The predicted molar refractivity (Wildman–Crippen MR) is 91.1 cm³/mol. The van der Waals surface area contributed by atoms with Gasteiger partial charge in [-0.3, -0.25) is 4.90 Å². The molecule has 0 amide bonds. The Morgan fingerprint density at radius 3 is 2.43 bits per heavy atom. The largest absolute Gasteiger partial charge is 0.465 e. The third-order valence-electron chi connectivity index (χ3n) is 3.52. The molecule has 0 saturated carbocycles. The minimum absolute atomic E-state index is 0.125. The van der Waals surface area contributed by atoms with Gasteiger partial charge in [0.2, 0.25) is 0 Å². The SMILES string of the molecule is Cc1ccc(CN(Cc2ccccc2)CC(O)COC(C)C)o1. The van der Waals surface area contributed by atoms with Gasteiger partial charge in [-0.05, 0) is 38.5 Å². The van der Waals surface area contributed by atoms with Gasteiger partial charge >= 0.3 is 0 Å². The number of aryl methyl sites for hydroxylation is 1. The number of hydrogen-bond acceptors (Lipinski definition) is 4. The van der Waals surface area contributed by atoms with Crippen molar-refractivity contribution in [1.29, 1.82) is 0 Å². The molecular weight excluding hydrogens is 290 g/mol. The van der Waals surface area contributed by atoms with Crippen LogP contribution >= 0.6 is 0 Å². The minimum Gasteiger partial charge on any atom is -0.465 e. The summed E-state index contributed by atoms with van der Waals surface area (Å²) in [7, 11) is 0. The lowest BCUT2D eigenvalue weighted by atomic mass is 10.2. The van der Waals surface area contributed by atoms with Crippen molar-refractivity contribution in [2.45, 2.75) is 46.1 Å². The summed E-state index contributed by atoms with van der Waals surface area (Å²) >= 11 is 0. The van der Waals surface area contributed by atoms with Gasteiger partial charge in [-0.1, -0.05) is 30.3 Å². The fourth-order valence-electron chi connectivity index (χ4n) is 2.47. The van der Waals surface area contributed by atoms with Gasteiger partial charge in [0, 0.05) is 13.1 Å². The Morgan fingerprint density at radius 1 is 1.09 bits per heavy atom. The Morgan fingerprint density at radius 2 is 1.83 bits per heavy atom. The maximum atomic E-state index is 10.2. The first-order valence-electron chi connectivity index (χ1n) is 8.14. The van der Waals surface area contributed by atoms with Gasteiger partial charge in [0.05, 0.1) is 25.4 Å². The summed E-state index contributed by atoms with van der Waals surface area (Å²) in [6.07, 6.45) is -0.392. The molecule has 0 aliphatic heterocycles. The fraction of sp³-hybridized carbons (Fsp3) is 0.474. The minimum atomic E-state index is -0.517. The van der Waals surface area contributed by atoms with Crippen LogP contribution in [0, 0.1) is 6.92 Å². The Balaban J connectivity index is 1.98. The molecule has 0 bridgehead atoms. The van der Waals surface area contributed by atoms with Gasteiger partial charge in [0.25, 0.3) is 0 Å². The first-order valence-corrected chi connectivity index (χ1v) is 8.14. The average molecular weight is 317 g/mol. The molecule has 0 spiro atoms. The van der Waals surface area contributed by atoms with E-state index in [9.17, 15) is 5.11 Å². The second-order valence-electron chi connectivity index (χ2n) is 6.20. The highest BCUT2D eigenvalue weighted by Crippen LogP contribution is 2.13. The van der Waals surface area contributed by atoms with Gasteiger partial charge in [-0.25, -0.2) is 0 Å². The molecule has 1 atom stereocenters. The molecule has 0 fully saturated rings. The van der Waals surface area contributed by atoms with Crippen molar-refractivity contribution in [2.75, 3.05) is 13.2 Å². The molecule has 0 saturated heterocycles. The van der Waals surface area contributed by atoms with Crippen LogP contribution in [0.2, 0.25) is 0 Å². The molecule has 1 unspecified atom stereocenters. The Labute approximate surface area is 138 Å². The van der Waals surface area contributed by atoms with Gasteiger partial charge in [0.15, 0.2) is 0 Å². The summed E-state index contributed by atoms with van der Waals surface area (Å²) in [5.74, 6) is 1.82. The average Bonchev–Trinajstić information content (AvgIpc) is 2.91. The number of aliphatic hydroxyl groups excluding tert-OH is 1. The number of furan rings is 1. The predicted octanol–water partition coefficient (Wildman–Crippen LogP) is 3.38. The lowest BCUT2D eigenvalue weighted by Gasteiger charge is -2.24. The smallest absolute Gasteiger partial charge is 0.118 e. The Kier molecular flexibility index (Phi) is 6.84. The normalized spacial score (nSPS) is 13.0. The highest BCUT2D eigenvalue weighted by atomic mass is 16.5. The molecule has 4 nitrogen and oxygen atoms in total. The molecule has 4 heteroatoms. The Bertz CT molecular complexity index is 565. The molecule has 1 aromatic carbocycles. The molecule has 2 rings (SSSR count). The highest BCUT2D eigenvalue weighted by Gasteiger charge is 2.15. The standard InChI is InChI=1S/C19H27NO3/c1-15(2)22-14-18(21)12-20(11-17-7-5-4-6-8-17)13-19-10-9-16(3)23-19/h4-10,15,18,21H,11-14H2,1-3H3. The van der Waals surface area contributed by atoms with Crippen molar-refractivity contribution in [3.63, 3.8) is 0 Å². The third-order valence-corrected chi connectivity index (χ3v) is 3.52. The topological polar surface area (TPSA) is 45.8 Å². The van der Waals surface area contributed by atoms with Crippen molar-refractivity contribution < 1.29 is 14.3 Å². The van der Waals surface area contributed by atoms with Crippen molar-refractivity contribution in [2.24, 2.45) is 0 Å². The van der Waals surface area contributed by atoms with Crippen molar-refractivity contribution >= 4 is 0 Å². The molecule has 1 heterocycles. The van der Waals surface area contributed by atoms with Gasteiger partial charge in [0.1, 0.15) is 11.5 Å². The van der Waals surface area contributed by atoms with E-state index < -0.39 is 6.10 Å². The van der Waals surface area contributed by atoms with Crippen molar-refractivity contribution in [3.05, 3.63) is 59.5 Å². The molecule has 0 radical (unpaired) electrons. The number of aliphatic hydroxyl groups is 1. The van der Waals surface area contributed by atoms with Crippen LogP contribution in [-0.2, 0) is 17.8 Å². The van der Waals surface area contributed by atoms with Crippen LogP contribution in [-0.4, -0.2) is 35.4 Å². The summed E-state index contributed by atoms with van der Waals surface area (Å²) in [5.41, 5.74) is 1.22. The van der Waals surface area contributed by atoms with Crippen LogP contribution in [0.5, 0.6) is 0 Å².